The van der Waals surface area contributed by atoms with Gasteiger partial charge >= 0.3 is 0 Å². The molecule has 0 spiro atoms. The van der Waals surface area contributed by atoms with E-state index in [0.717, 1.165) is 35.3 Å². The summed E-state index contributed by atoms with van der Waals surface area (Å²) in [6.07, 6.45) is 4.51. The minimum absolute atomic E-state index is 0.0322. The predicted octanol–water partition coefficient (Wildman–Crippen LogP) is 3.09. The highest BCUT2D eigenvalue weighted by atomic mass is 35.5. The summed E-state index contributed by atoms with van der Waals surface area (Å²) < 4.78 is 2.17. The van der Waals surface area contributed by atoms with Crippen LogP contribution < -0.4 is 5.73 Å². The van der Waals surface area contributed by atoms with Crippen molar-refractivity contribution in [3.63, 3.8) is 0 Å². The lowest BCUT2D eigenvalue weighted by molar-refractivity contribution is 0.591. The zero-order valence-corrected chi connectivity index (χ0v) is 13.0. The first-order valence-electron chi connectivity index (χ1n) is 6.89. The van der Waals surface area contributed by atoms with Crippen molar-refractivity contribution in [2.75, 3.05) is 0 Å². The number of amidine groups is 1. The van der Waals surface area contributed by atoms with E-state index in [1.54, 1.807) is 12.1 Å². The van der Waals surface area contributed by atoms with E-state index in [1.807, 2.05) is 6.07 Å². The second kappa shape index (κ2) is 6.07. The first-order chi connectivity index (χ1) is 10.1. The van der Waals surface area contributed by atoms with E-state index in [4.69, 9.17) is 22.7 Å². The van der Waals surface area contributed by atoms with Crippen LogP contribution in [-0.4, -0.2) is 20.6 Å². The Morgan fingerprint density at radius 3 is 2.95 bits per heavy atom. The van der Waals surface area contributed by atoms with Crippen LogP contribution in [0.25, 0.3) is 0 Å². The molecule has 1 aliphatic rings. The summed E-state index contributed by atoms with van der Waals surface area (Å²) in [5.74, 6) is 1.08. The number of aryl methyl sites for hydroxylation is 1. The van der Waals surface area contributed by atoms with Crippen LogP contribution in [0.2, 0.25) is 5.02 Å². The Labute approximate surface area is 132 Å². The van der Waals surface area contributed by atoms with Crippen LogP contribution in [0.1, 0.15) is 30.7 Å². The number of hydrogen-bond acceptors (Lipinski definition) is 4. The fourth-order valence-electron chi connectivity index (χ4n) is 2.44. The maximum absolute atomic E-state index is 7.68. The van der Waals surface area contributed by atoms with Gasteiger partial charge in [0.1, 0.15) is 11.7 Å². The van der Waals surface area contributed by atoms with E-state index < -0.39 is 0 Å². The van der Waals surface area contributed by atoms with Crippen molar-refractivity contribution < 1.29 is 0 Å². The summed E-state index contributed by atoms with van der Waals surface area (Å²) in [4.78, 5) is 0.842. The highest BCUT2D eigenvalue weighted by molar-refractivity contribution is 7.99. The van der Waals surface area contributed by atoms with Crippen LogP contribution in [0.5, 0.6) is 0 Å². The van der Waals surface area contributed by atoms with Gasteiger partial charge in [-0.05, 0) is 42.8 Å². The lowest BCUT2D eigenvalue weighted by Crippen LogP contribution is -2.12. The van der Waals surface area contributed by atoms with Gasteiger partial charge in [0, 0.05) is 28.4 Å². The van der Waals surface area contributed by atoms with Crippen LogP contribution in [0.15, 0.2) is 28.3 Å². The number of nitrogen functional groups attached to an aromatic ring is 1. The van der Waals surface area contributed by atoms with Gasteiger partial charge in [0.05, 0.1) is 0 Å². The van der Waals surface area contributed by atoms with Crippen molar-refractivity contribution in [1.82, 2.24) is 14.8 Å². The summed E-state index contributed by atoms with van der Waals surface area (Å²) in [6.45, 7) is 0.945. The molecule has 0 saturated carbocycles. The quantitative estimate of drug-likeness (QED) is 0.672. The van der Waals surface area contributed by atoms with Gasteiger partial charge < -0.3 is 10.3 Å². The lowest BCUT2D eigenvalue weighted by Gasteiger charge is -2.10. The standard InChI is InChI=1S/C14H16ClN5S/c15-9-5-6-10(13(16)17)11(8-9)21-14-19-18-12-4-2-1-3-7-20(12)14/h5-6,8H,1-4,7H2,(H3,16,17). The van der Waals surface area contributed by atoms with Gasteiger partial charge in [0.25, 0.3) is 0 Å². The van der Waals surface area contributed by atoms with Crippen molar-refractivity contribution in [3.8, 4) is 0 Å². The summed E-state index contributed by atoms with van der Waals surface area (Å²) >= 11 is 7.54. The molecule has 0 amide bonds. The van der Waals surface area contributed by atoms with Crippen LogP contribution in [0, 0.1) is 5.41 Å². The van der Waals surface area contributed by atoms with Gasteiger partial charge in [-0.1, -0.05) is 18.0 Å². The molecule has 2 heterocycles. The molecule has 2 aromatic rings. The van der Waals surface area contributed by atoms with Crippen LogP contribution in [-0.2, 0) is 13.0 Å². The Morgan fingerprint density at radius 1 is 1.29 bits per heavy atom. The SMILES string of the molecule is N=C(N)c1ccc(Cl)cc1Sc1nnc2n1CCCCC2. The second-order valence-corrected chi connectivity index (χ2v) is 6.46. The molecule has 0 fully saturated rings. The van der Waals surface area contributed by atoms with E-state index in [1.165, 1.54) is 24.6 Å². The topological polar surface area (TPSA) is 80.6 Å². The van der Waals surface area contributed by atoms with Crippen LogP contribution in [0.3, 0.4) is 0 Å². The molecule has 1 aliphatic heterocycles. The zero-order chi connectivity index (χ0) is 14.8. The molecule has 21 heavy (non-hydrogen) atoms. The van der Waals surface area contributed by atoms with E-state index >= 15 is 0 Å². The largest absolute Gasteiger partial charge is 0.384 e. The molecule has 1 aromatic heterocycles. The number of rotatable bonds is 3. The number of halogens is 1. The normalized spacial score (nSPS) is 14.5. The summed E-state index contributed by atoms with van der Waals surface area (Å²) in [5.41, 5.74) is 6.32. The fraction of sp³-hybridized carbons (Fsp3) is 0.357. The third-order valence-electron chi connectivity index (χ3n) is 3.51. The average Bonchev–Trinajstić information content (AvgIpc) is 2.68. The molecule has 3 N–H and O–H groups in total. The molecule has 0 atom stereocenters. The van der Waals surface area contributed by atoms with Gasteiger partial charge in [-0.2, -0.15) is 0 Å². The van der Waals surface area contributed by atoms with Crippen LogP contribution in [0.4, 0.5) is 0 Å². The number of nitrogens with one attached hydrogen (secondary N) is 1. The smallest absolute Gasteiger partial charge is 0.196 e. The van der Waals surface area contributed by atoms with Gasteiger partial charge in [-0.15, -0.1) is 10.2 Å². The molecule has 110 valence electrons. The number of nitrogens with zero attached hydrogens (tertiary/aromatic N) is 3. The Kier molecular flexibility index (Phi) is 4.17. The number of hydrogen-bond donors (Lipinski definition) is 2. The third kappa shape index (κ3) is 3.06. The van der Waals surface area contributed by atoms with E-state index in [9.17, 15) is 0 Å². The van der Waals surface area contributed by atoms with Crippen LogP contribution >= 0.6 is 23.4 Å². The number of fused-ring (bicyclic) bond motifs is 1. The number of aromatic nitrogens is 3. The second-order valence-electron chi connectivity index (χ2n) is 5.02. The summed E-state index contributed by atoms with van der Waals surface area (Å²) in [6, 6.07) is 5.33. The van der Waals surface area contributed by atoms with Crippen molar-refractivity contribution >= 4 is 29.2 Å². The van der Waals surface area contributed by atoms with Crippen molar-refractivity contribution in [2.45, 2.75) is 42.3 Å². The number of benzene rings is 1. The van der Waals surface area contributed by atoms with Gasteiger partial charge in [0.15, 0.2) is 5.16 Å². The summed E-state index contributed by atoms with van der Waals surface area (Å²) in [5, 5.41) is 17.7. The van der Waals surface area contributed by atoms with Gasteiger partial charge in [-0.25, -0.2) is 0 Å². The molecule has 3 rings (SSSR count). The Bertz CT molecular complexity index is 682. The third-order valence-corrected chi connectivity index (χ3v) is 4.79. The predicted molar refractivity (Wildman–Crippen MR) is 84.2 cm³/mol. The monoisotopic (exact) mass is 321 g/mol. The molecule has 0 saturated heterocycles. The zero-order valence-electron chi connectivity index (χ0n) is 11.5. The maximum Gasteiger partial charge on any atom is 0.196 e. The number of nitrogens with two attached hydrogens (primary N) is 1. The maximum atomic E-state index is 7.68. The van der Waals surface area contributed by atoms with Gasteiger partial charge in [0.2, 0.25) is 0 Å². The van der Waals surface area contributed by atoms with Gasteiger partial charge in [-0.3, -0.25) is 5.41 Å². The fourth-order valence-corrected chi connectivity index (χ4v) is 3.73. The van der Waals surface area contributed by atoms with Crippen molar-refractivity contribution in [2.24, 2.45) is 5.73 Å². The molecule has 1 aromatic carbocycles. The highest BCUT2D eigenvalue weighted by Crippen LogP contribution is 2.32. The van der Waals surface area contributed by atoms with Crippen molar-refractivity contribution in [3.05, 3.63) is 34.6 Å². The highest BCUT2D eigenvalue weighted by Gasteiger charge is 2.17. The first kappa shape index (κ1) is 14.4. The molecular weight excluding hydrogens is 306 g/mol. The summed E-state index contributed by atoms with van der Waals surface area (Å²) in [7, 11) is 0. The Hall–Kier alpha value is -1.53. The molecule has 0 bridgehead atoms. The average molecular weight is 322 g/mol. The van der Waals surface area contributed by atoms with E-state index in [2.05, 4.69) is 14.8 Å². The lowest BCUT2D eigenvalue weighted by atomic mass is 10.2. The van der Waals surface area contributed by atoms with Crippen molar-refractivity contribution in [1.29, 1.82) is 5.41 Å². The first-order valence-corrected chi connectivity index (χ1v) is 8.08. The minimum atomic E-state index is 0.0322. The Balaban J connectivity index is 1.96. The Morgan fingerprint density at radius 2 is 2.14 bits per heavy atom. The molecule has 0 unspecified atom stereocenters. The minimum Gasteiger partial charge on any atom is -0.384 e. The molecular formula is C14H16ClN5S. The molecule has 7 heteroatoms. The van der Waals surface area contributed by atoms with E-state index in [-0.39, 0.29) is 5.84 Å². The molecule has 0 radical (unpaired) electrons. The molecule has 0 aliphatic carbocycles. The molecule has 5 nitrogen and oxygen atoms in total. The van der Waals surface area contributed by atoms with E-state index in [0.29, 0.717) is 10.6 Å².